The average Bonchev–Trinajstić information content (AvgIpc) is 3.30. The van der Waals surface area contributed by atoms with Gasteiger partial charge < -0.3 is 5.32 Å². The zero-order valence-corrected chi connectivity index (χ0v) is 18.7. The van der Waals surface area contributed by atoms with Crippen LogP contribution in [0, 0.1) is 6.92 Å². The molecule has 0 aliphatic heterocycles. The van der Waals surface area contributed by atoms with Gasteiger partial charge in [0.05, 0.1) is 0 Å². The molecule has 0 spiro atoms. The number of thiocarbonyl (C=S) groups is 1. The van der Waals surface area contributed by atoms with Crippen LogP contribution in [0.1, 0.15) is 31.2 Å². The molecule has 32 heavy (non-hydrogen) atoms. The van der Waals surface area contributed by atoms with Gasteiger partial charge in [0, 0.05) is 27.8 Å². The minimum atomic E-state index is -0.451. The number of carbonyl (C=O) groups is 3. The summed E-state index contributed by atoms with van der Waals surface area (Å²) < 4.78 is 0. The molecule has 7 nitrogen and oxygen atoms in total. The second-order valence-corrected chi connectivity index (χ2v) is 7.98. The van der Waals surface area contributed by atoms with Gasteiger partial charge in [0.1, 0.15) is 0 Å². The summed E-state index contributed by atoms with van der Waals surface area (Å²) in [5.41, 5.74) is 7.25. The number of thiophene rings is 1. The predicted octanol–water partition coefficient (Wildman–Crippen LogP) is 3.66. The summed E-state index contributed by atoms with van der Waals surface area (Å²) in [6, 6.07) is 17.4. The third-order valence-corrected chi connectivity index (χ3v) is 5.30. The zero-order chi connectivity index (χ0) is 22.9. The van der Waals surface area contributed by atoms with Crippen LogP contribution in [0.15, 0.2) is 72.1 Å². The van der Waals surface area contributed by atoms with E-state index >= 15 is 0 Å². The van der Waals surface area contributed by atoms with E-state index < -0.39 is 11.8 Å². The Hall–Kier alpha value is -3.82. The summed E-state index contributed by atoms with van der Waals surface area (Å²) in [5.74, 6) is -1.09. The van der Waals surface area contributed by atoms with Crippen molar-refractivity contribution in [2.45, 2.75) is 6.92 Å². The predicted molar refractivity (Wildman–Crippen MR) is 130 cm³/mol. The Morgan fingerprint density at radius 1 is 0.906 bits per heavy atom. The molecule has 0 fully saturated rings. The van der Waals surface area contributed by atoms with Crippen molar-refractivity contribution >= 4 is 58.2 Å². The van der Waals surface area contributed by atoms with E-state index in [4.69, 9.17) is 12.2 Å². The van der Waals surface area contributed by atoms with Crippen molar-refractivity contribution in [3.63, 3.8) is 0 Å². The highest BCUT2D eigenvalue weighted by Crippen LogP contribution is 2.13. The summed E-state index contributed by atoms with van der Waals surface area (Å²) in [4.78, 5) is 37.4. The number of rotatable bonds is 5. The van der Waals surface area contributed by atoms with Crippen LogP contribution in [-0.4, -0.2) is 22.8 Å². The van der Waals surface area contributed by atoms with Gasteiger partial charge in [0.2, 0.25) is 5.91 Å². The molecule has 0 bridgehead atoms. The molecule has 1 aromatic heterocycles. The van der Waals surface area contributed by atoms with Gasteiger partial charge in [0.25, 0.3) is 11.8 Å². The Morgan fingerprint density at radius 2 is 1.66 bits per heavy atom. The van der Waals surface area contributed by atoms with Crippen LogP contribution in [0.4, 0.5) is 5.69 Å². The first-order valence-corrected chi connectivity index (χ1v) is 10.8. The molecule has 0 unspecified atom stereocenters. The third kappa shape index (κ3) is 6.59. The van der Waals surface area contributed by atoms with Gasteiger partial charge in [0.15, 0.2) is 5.11 Å². The molecule has 2 aromatic carbocycles. The molecule has 0 saturated heterocycles. The fraction of sp³-hybridized carbons (Fsp3) is 0.0435. The van der Waals surface area contributed by atoms with Crippen molar-refractivity contribution in [1.82, 2.24) is 16.2 Å². The Bertz CT molecular complexity index is 1160. The molecular weight excluding hydrogens is 444 g/mol. The standard InChI is InChI=1S/C23H20N4O3S2/c1-15-5-2-3-7-19(15)22(30)24-17-10-8-16(9-11-17)21(29)26-27-23(31)25-20(28)13-12-18-6-4-14-32-18/h2-14H,1H3,(H,24,30)(H,26,29)(H2,25,27,28,31). The summed E-state index contributed by atoms with van der Waals surface area (Å²) in [7, 11) is 0. The molecular formula is C23H20N4O3S2. The van der Waals surface area contributed by atoms with E-state index in [9.17, 15) is 14.4 Å². The van der Waals surface area contributed by atoms with Gasteiger partial charge in [-0.2, -0.15) is 0 Å². The van der Waals surface area contributed by atoms with Gasteiger partial charge in [-0.15, -0.1) is 11.3 Å². The van der Waals surface area contributed by atoms with E-state index in [0.29, 0.717) is 16.8 Å². The number of nitrogens with one attached hydrogen (secondary N) is 4. The maximum absolute atomic E-state index is 12.4. The van der Waals surface area contributed by atoms with Crippen molar-refractivity contribution < 1.29 is 14.4 Å². The first kappa shape index (κ1) is 22.9. The highest BCUT2D eigenvalue weighted by molar-refractivity contribution is 7.80. The van der Waals surface area contributed by atoms with E-state index in [1.807, 2.05) is 36.6 Å². The highest BCUT2D eigenvalue weighted by Gasteiger charge is 2.10. The largest absolute Gasteiger partial charge is 0.322 e. The lowest BCUT2D eigenvalue weighted by atomic mass is 10.1. The first-order chi connectivity index (χ1) is 15.4. The fourth-order valence-corrected chi connectivity index (χ4v) is 3.42. The van der Waals surface area contributed by atoms with Crippen molar-refractivity contribution in [2.24, 2.45) is 0 Å². The number of amides is 3. The number of hydrazine groups is 1. The molecule has 3 aromatic rings. The van der Waals surface area contributed by atoms with E-state index in [1.54, 1.807) is 42.5 Å². The summed E-state index contributed by atoms with van der Waals surface area (Å²) in [5, 5.41) is 7.10. The van der Waals surface area contributed by atoms with Crippen LogP contribution < -0.4 is 21.5 Å². The number of carbonyl (C=O) groups excluding carboxylic acids is 3. The zero-order valence-electron chi connectivity index (χ0n) is 17.0. The number of anilines is 1. The normalized spacial score (nSPS) is 10.4. The van der Waals surface area contributed by atoms with Crippen molar-refractivity contribution in [2.75, 3.05) is 5.32 Å². The number of aryl methyl sites for hydroxylation is 1. The molecule has 0 aliphatic rings. The fourth-order valence-electron chi connectivity index (χ4n) is 2.65. The molecule has 4 N–H and O–H groups in total. The third-order valence-electron chi connectivity index (χ3n) is 4.26. The molecule has 0 saturated carbocycles. The van der Waals surface area contributed by atoms with Gasteiger partial charge in [-0.25, -0.2) is 0 Å². The molecule has 162 valence electrons. The van der Waals surface area contributed by atoms with Crippen molar-refractivity contribution in [1.29, 1.82) is 0 Å². The molecule has 3 amide bonds. The van der Waals surface area contributed by atoms with E-state index in [1.165, 1.54) is 17.4 Å². The molecule has 0 aliphatic carbocycles. The minimum absolute atomic E-state index is 0.0405. The topological polar surface area (TPSA) is 99.3 Å². The smallest absolute Gasteiger partial charge is 0.269 e. The Labute approximate surface area is 194 Å². The second kappa shape index (κ2) is 11.0. The summed E-state index contributed by atoms with van der Waals surface area (Å²) >= 11 is 6.51. The molecule has 0 atom stereocenters. The maximum Gasteiger partial charge on any atom is 0.269 e. The van der Waals surface area contributed by atoms with Crippen LogP contribution in [0.3, 0.4) is 0 Å². The Kier molecular flexibility index (Phi) is 7.85. The maximum atomic E-state index is 12.4. The van der Waals surface area contributed by atoms with Crippen LogP contribution >= 0.6 is 23.6 Å². The average molecular weight is 465 g/mol. The van der Waals surface area contributed by atoms with Gasteiger partial charge in [-0.3, -0.25) is 30.6 Å². The Balaban J connectivity index is 1.47. The van der Waals surface area contributed by atoms with Gasteiger partial charge >= 0.3 is 0 Å². The lowest BCUT2D eigenvalue weighted by Crippen LogP contribution is -2.48. The van der Waals surface area contributed by atoms with Crippen LogP contribution in [-0.2, 0) is 4.79 Å². The van der Waals surface area contributed by atoms with Crippen LogP contribution in [0.5, 0.6) is 0 Å². The second-order valence-electron chi connectivity index (χ2n) is 6.59. The molecule has 1 heterocycles. The molecule has 0 radical (unpaired) electrons. The van der Waals surface area contributed by atoms with E-state index in [0.717, 1.165) is 10.4 Å². The molecule has 3 rings (SSSR count). The summed E-state index contributed by atoms with van der Waals surface area (Å²) in [6.45, 7) is 1.86. The summed E-state index contributed by atoms with van der Waals surface area (Å²) in [6.07, 6.45) is 3.02. The van der Waals surface area contributed by atoms with Crippen LogP contribution in [0.2, 0.25) is 0 Å². The molecule has 9 heteroatoms. The van der Waals surface area contributed by atoms with E-state index in [-0.39, 0.29) is 11.0 Å². The van der Waals surface area contributed by atoms with Crippen molar-refractivity contribution in [3.8, 4) is 0 Å². The SMILES string of the molecule is Cc1ccccc1C(=O)Nc1ccc(C(=O)NNC(=S)NC(=O)C=Cc2cccs2)cc1. The number of benzene rings is 2. The van der Waals surface area contributed by atoms with Crippen molar-refractivity contribution in [3.05, 3.63) is 93.7 Å². The van der Waals surface area contributed by atoms with Gasteiger partial charge in [-0.1, -0.05) is 24.3 Å². The monoisotopic (exact) mass is 464 g/mol. The Morgan fingerprint density at radius 3 is 2.34 bits per heavy atom. The minimum Gasteiger partial charge on any atom is -0.322 e. The first-order valence-electron chi connectivity index (χ1n) is 9.52. The van der Waals surface area contributed by atoms with E-state index in [2.05, 4.69) is 21.5 Å². The van der Waals surface area contributed by atoms with Gasteiger partial charge in [-0.05, 0) is 72.6 Å². The highest BCUT2D eigenvalue weighted by atomic mass is 32.1. The van der Waals surface area contributed by atoms with Crippen LogP contribution in [0.25, 0.3) is 6.08 Å². The number of hydrogen-bond donors (Lipinski definition) is 4. The quantitative estimate of drug-likeness (QED) is 0.262. The number of hydrogen-bond acceptors (Lipinski definition) is 5. The lowest BCUT2D eigenvalue weighted by molar-refractivity contribution is -0.115. The lowest BCUT2D eigenvalue weighted by Gasteiger charge is -2.11.